The largest absolute Gasteiger partial charge is 0.467 e. The SMILES string of the molecule is CC(C)n1nc2c(cc1=O)CN(CC(=O)N[C@@H](C)c1ccco1)CC2. The topological polar surface area (TPSA) is 80.4 Å². The molecule has 7 nitrogen and oxygen atoms in total. The number of hydrogen-bond acceptors (Lipinski definition) is 5. The first-order valence-electron chi connectivity index (χ1n) is 8.60. The van der Waals surface area contributed by atoms with Crippen molar-refractivity contribution >= 4 is 5.91 Å². The molecule has 1 atom stereocenters. The predicted molar refractivity (Wildman–Crippen MR) is 93.1 cm³/mol. The van der Waals surface area contributed by atoms with Gasteiger partial charge in [0.25, 0.3) is 5.56 Å². The molecule has 2 aromatic heterocycles. The Morgan fingerprint density at radius 1 is 1.40 bits per heavy atom. The zero-order valence-corrected chi connectivity index (χ0v) is 14.9. The number of aromatic nitrogens is 2. The van der Waals surface area contributed by atoms with Crippen LogP contribution in [0.5, 0.6) is 0 Å². The van der Waals surface area contributed by atoms with E-state index in [1.165, 1.54) is 4.68 Å². The van der Waals surface area contributed by atoms with E-state index in [9.17, 15) is 9.59 Å². The van der Waals surface area contributed by atoms with Crippen LogP contribution in [-0.2, 0) is 17.8 Å². The number of fused-ring (bicyclic) bond motifs is 1. The van der Waals surface area contributed by atoms with Gasteiger partial charge in [0, 0.05) is 25.6 Å². The zero-order valence-electron chi connectivity index (χ0n) is 14.9. The van der Waals surface area contributed by atoms with Crippen LogP contribution in [0.4, 0.5) is 0 Å². The Labute approximate surface area is 146 Å². The number of carbonyl (C=O) groups is 1. The van der Waals surface area contributed by atoms with Crippen LogP contribution in [0, 0.1) is 0 Å². The monoisotopic (exact) mass is 344 g/mol. The molecule has 0 unspecified atom stereocenters. The normalized spacial score (nSPS) is 15.8. The Bertz CT molecular complexity index is 795. The number of nitrogens with zero attached hydrogens (tertiary/aromatic N) is 3. The Morgan fingerprint density at radius 2 is 2.20 bits per heavy atom. The molecule has 134 valence electrons. The van der Waals surface area contributed by atoms with Crippen LogP contribution < -0.4 is 10.9 Å². The third-order valence-corrected chi connectivity index (χ3v) is 4.39. The Balaban J connectivity index is 1.62. The highest BCUT2D eigenvalue weighted by atomic mass is 16.3. The first kappa shape index (κ1) is 17.4. The summed E-state index contributed by atoms with van der Waals surface area (Å²) in [6.45, 7) is 7.39. The van der Waals surface area contributed by atoms with Gasteiger partial charge in [-0.1, -0.05) is 0 Å². The molecule has 3 rings (SSSR count). The second-order valence-corrected chi connectivity index (χ2v) is 6.76. The summed E-state index contributed by atoms with van der Waals surface area (Å²) < 4.78 is 6.82. The van der Waals surface area contributed by atoms with Crippen molar-refractivity contribution < 1.29 is 9.21 Å². The third kappa shape index (κ3) is 3.99. The van der Waals surface area contributed by atoms with Crippen LogP contribution in [-0.4, -0.2) is 33.7 Å². The van der Waals surface area contributed by atoms with Crippen molar-refractivity contribution in [2.24, 2.45) is 0 Å². The highest BCUT2D eigenvalue weighted by Crippen LogP contribution is 2.16. The van der Waals surface area contributed by atoms with Crippen LogP contribution >= 0.6 is 0 Å². The third-order valence-electron chi connectivity index (χ3n) is 4.39. The summed E-state index contributed by atoms with van der Waals surface area (Å²) in [5.41, 5.74) is 1.78. The van der Waals surface area contributed by atoms with Crippen LogP contribution in [0.1, 0.15) is 49.9 Å². The van der Waals surface area contributed by atoms with Crippen molar-refractivity contribution in [1.29, 1.82) is 0 Å². The van der Waals surface area contributed by atoms with Gasteiger partial charge in [-0.2, -0.15) is 5.10 Å². The lowest BCUT2D eigenvalue weighted by Crippen LogP contribution is -2.41. The fraction of sp³-hybridized carbons (Fsp3) is 0.500. The molecule has 0 aromatic carbocycles. The minimum absolute atomic E-state index is 0.0460. The van der Waals surface area contributed by atoms with Gasteiger partial charge in [0.15, 0.2) is 0 Å². The standard InChI is InChI=1S/C18H24N4O3/c1-12(2)22-18(24)9-14-10-21(7-6-15(14)20-22)11-17(23)19-13(3)16-5-4-8-25-16/h4-5,8-9,12-13H,6-7,10-11H2,1-3H3,(H,19,23)/t13-/m0/s1. The maximum Gasteiger partial charge on any atom is 0.267 e. The fourth-order valence-corrected chi connectivity index (χ4v) is 3.08. The maximum absolute atomic E-state index is 12.3. The van der Waals surface area contributed by atoms with Crippen molar-refractivity contribution in [3.05, 3.63) is 51.8 Å². The fourth-order valence-electron chi connectivity index (χ4n) is 3.08. The van der Waals surface area contributed by atoms with E-state index in [1.54, 1.807) is 18.4 Å². The van der Waals surface area contributed by atoms with Crippen LogP contribution in [0.3, 0.4) is 0 Å². The van der Waals surface area contributed by atoms with Gasteiger partial charge in [-0.05, 0) is 38.5 Å². The van der Waals surface area contributed by atoms with E-state index >= 15 is 0 Å². The van der Waals surface area contributed by atoms with Crippen molar-refractivity contribution in [1.82, 2.24) is 20.0 Å². The molecule has 0 aliphatic carbocycles. The summed E-state index contributed by atoms with van der Waals surface area (Å²) in [5.74, 6) is 0.673. The highest BCUT2D eigenvalue weighted by Gasteiger charge is 2.22. The molecule has 0 bridgehead atoms. The number of hydrogen-bond donors (Lipinski definition) is 1. The molecule has 2 aromatic rings. The number of amides is 1. The second-order valence-electron chi connectivity index (χ2n) is 6.76. The molecular weight excluding hydrogens is 320 g/mol. The predicted octanol–water partition coefficient (Wildman–Crippen LogP) is 1.65. The van der Waals surface area contributed by atoms with Crippen molar-refractivity contribution in [3.8, 4) is 0 Å². The van der Waals surface area contributed by atoms with Crippen molar-refractivity contribution in [3.63, 3.8) is 0 Å². The van der Waals surface area contributed by atoms with Gasteiger partial charge in [-0.3, -0.25) is 14.5 Å². The molecule has 0 fully saturated rings. The quantitative estimate of drug-likeness (QED) is 0.892. The van der Waals surface area contributed by atoms with E-state index in [-0.39, 0.29) is 30.1 Å². The van der Waals surface area contributed by atoms with Crippen LogP contribution in [0.25, 0.3) is 0 Å². The van der Waals surface area contributed by atoms with Gasteiger partial charge >= 0.3 is 0 Å². The average molecular weight is 344 g/mol. The molecule has 0 radical (unpaired) electrons. The summed E-state index contributed by atoms with van der Waals surface area (Å²) in [4.78, 5) is 26.4. The lowest BCUT2D eigenvalue weighted by atomic mass is 10.1. The molecule has 0 saturated heterocycles. The molecule has 0 saturated carbocycles. The molecule has 7 heteroatoms. The second kappa shape index (κ2) is 7.23. The van der Waals surface area contributed by atoms with Gasteiger partial charge in [-0.25, -0.2) is 4.68 Å². The van der Waals surface area contributed by atoms with Gasteiger partial charge < -0.3 is 9.73 Å². The first-order valence-corrected chi connectivity index (χ1v) is 8.60. The van der Waals surface area contributed by atoms with Gasteiger partial charge in [0.1, 0.15) is 5.76 Å². The Morgan fingerprint density at radius 3 is 2.88 bits per heavy atom. The summed E-state index contributed by atoms with van der Waals surface area (Å²) >= 11 is 0. The Hall–Kier alpha value is -2.41. The molecule has 25 heavy (non-hydrogen) atoms. The number of furan rings is 1. The average Bonchev–Trinajstić information content (AvgIpc) is 3.08. The zero-order chi connectivity index (χ0) is 18.0. The maximum atomic E-state index is 12.3. The minimum Gasteiger partial charge on any atom is -0.467 e. The molecule has 1 amide bonds. The van der Waals surface area contributed by atoms with Crippen LogP contribution in [0.2, 0.25) is 0 Å². The van der Waals surface area contributed by atoms with Crippen molar-refractivity contribution in [2.45, 2.75) is 45.8 Å². The highest BCUT2D eigenvalue weighted by molar-refractivity contribution is 5.78. The van der Waals surface area contributed by atoms with Crippen LogP contribution in [0.15, 0.2) is 33.7 Å². The minimum atomic E-state index is -0.167. The molecule has 1 aliphatic rings. The summed E-state index contributed by atoms with van der Waals surface area (Å²) in [7, 11) is 0. The van der Waals surface area contributed by atoms with E-state index in [2.05, 4.69) is 10.4 Å². The van der Waals surface area contributed by atoms with Gasteiger partial charge in [0.2, 0.25) is 5.91 Å². The summed E-state index contributed by atoms with van der Waals surface area (Å²) in [6, 6.07) is 5.17. The van der Waals surface area contributed by atoms with E-state index in [1.807, 2.05) is 31.7 Å². The lowest BCUT2D eigenvalue weighted by Gasteiger charge is -2.28. The number of rotatable bonds is 5. The van der Waals surface area contributed by atoms with E-state index in [0.717, 1.165) is 30.0 Å². The molecule has 1 aliphatic heterocycles. The number of nitrogens with one attached hydrogen (secondary N) is 1. The molecule has 0 spiro atoms. The van der Waals surface area contributed by atoms with Gasteiger partial charge in [0.05, 0.1) is 30.6 Å². The molecule has 1 N–H and O–H groups in total. The molecular formula is C18H24N4O3. The molecule has 3 heterocycles. The smallest absolute Gasteiger partial charge is 0.267 e. The Kier molecular flexibility index (Phi) is 5.03. The van der Waals surface area contributed by atoms with E-state index in [0.29, 0.717) is 6.54 Å². The van der Waals surface area contributed by atoms with Crippen molar-refractivity contribution in [2.75, 3.05) is 13.1 Å². The summed E-state index contributed by atoms with van der Waals surface area (Å²) in [6.07, 6.45) is 2.33. The van der Waals surface area contributed by atoms with E-state index < -0.39 is 0 Å². The lowest BCUT2D eigenvalue weighted by molar-refractivity contribution is -0.123. The summed E-state index contributed by atoms with van der Waals surface area (Å²) in [5, 5.41) is 7.41. The van der Waals surface area contributed by atoms with Gasteiger partial charge in [-0.15, -0.1) is 0 Å². The first-order chi connectivity index (χ1) is 11.9. The van der Waals surface area contributed by atoms with E-state index in [4.69, 9.17) is 4.42 Å². The number of carbonyl (C=O) groups excluding carboxylic acids is 1.